The van der Waals surface area contributed by atoms with Gasteiger partial charge in [-0.15, -0.1) is 0 Å². The molecule has 1 aromatic rings. The van der Waals surface area contributed by atoms with Crippen molar-refractivity contribution in [1.29, 1.82) is 0 Å². The van der Waals surface area contributed by atoms with Crippen LogP contribution in [0.1, 0.15) is 33.6 Å². The summed E-state index contributed by atoms with van der Waals surface area (Å²) >= 11 is 5.62. The van der Waals surface area contributed by atoms with E-state index in [1.54, 1.807) is 0 Å². The quantitative estimate of drug-likeness (QED) is 0.158. The van der Waals surface area contributed by atoms with E-state index >= 15 is 0 Å². The summed E-state index contributed by atoms with van der Waals surface area (Å²) in [6.45, 7) is -1.76. The van der Waals surface area contributed by atoms with Crippen LogP contribution in [0.5, 0.6) is 0 Å². The Hall–Kier alpha value is -0.380. The summed E-state index contributed by atoms with van der Waals surface area (Å²) in [4.78, 5) is 40.3. The van der Waals surface area contributed by atoms with Gasteiger partial charge in [0.2, 0.25) is 0 Å². The van der Waals surface area contributed by atoms with Gasteiger partial charge in [-0.3, -0.25) is 14.4 Å². The van der Waals surface area contributed by atoms with Crippen molar-refractivity contribution in [2.75, 3.05) is 37.9 Å². The first-order valence-corrected chi connectivity index (χ1v) is 13.1. The fourth-order valence-electron chi connectivity index (χ4n) is 3.18. The van der Waals surface area contributed by atoms with E-state index in [9.17, 15) is 39.9 Å². The Morgan fingerprint density at radius 3 is 1.70 bits per heavy atom. The van der Waals surface area contributed by atoms with Crippen molar-refractivity contribution in [3.8, 4) is 0 Å². The van der Waals surface area contributed by atoms with Gasteiger partial charge in [-0.05, 0) is 80.6 Å². The number of carbonyl (C=O) groups is 3. The highest BCUT2D eigenvalue weighted by molar-refractivity contribution is 14.1. The normalized spacial score (nSPS) is 16.5. The maximum absolute atomic E-state index is 13.1. The SMILES string of the molecule is O=C(NC(CO)CO)c1c(I)c(C(=O)NC(CO)CO)c(I)c(N2CCCC(O)C2=O)c1I. The van der Waals surface area contributed by atoms with Gasteiger partial charge in [-0.2, -0.15) is 0 Å². The average Bonchev–Trinajstić information content (AvgIpc) is 2.78. The molecule has 11 nitrogen and oxygen atoms in total. The third-order valence-corrected chi connectivity index (χ3v) is 8.16. The molecule has 2 rings (SSSR count). The molecule has 1 aliphatic heterocycles. The summed E-state index contributed by atoms with van der Waals surface area (Å²) in [5.74, 6) is -1.90. The highest BCUT2D eigenvalue weighted by Crippen LogP contribution is 2.39. The molecule has 1 fully saturated rings. The zero-order valence-corrected chi connectivity index (χ0v) is 23.7. The van der Waals surface area contributed by atoms with Crippen molar-refractivity contribution in [3.63, 3.8) is 0 Å². The van der Waals surface area contributed by atoms with Crippen LogP contribution in [0.3, 0.4) is 0 Å². The number of aliphatic hydroxyl groups excluding tert-OH is 5. The highest BCUT2D eigenvalue weighted by atomic mass is 127. The predicted molar refractivity (Wildman–Crippen MR) is 143 cm³/mol. The summed E-state index contributed by atoms with van der Waals surface area (Å²) < 4.78 is 0.955. The van der Waals surface area contributed by atoms with E-state index in [-0.39, 0.29) is 26.9 Å². The summed E-state index contributed by atoms with van der Waals surface area (Å²) in [5, 5.41) is 52.5. The standard InChI is InChI=1S/C19H24I3N3O8/c20-13-11(17(31)23-8(4-26)5-27)14(21)16(25-3-1-2-10(30)19(25)33)15(22)12(13)18(32)24-9(6-28)7-29/h8-10,26-30H,1-7H2,(H,23,31)(H,24,32). The molecule has 1 atom stereocenters. The minimum atomic E-state index is -1.21. The number of anilines is 1. The molecule has 14 heteroatoms. The number of rotatable bonds is 9. The third kappa shape index (κ3) is 6.44. The third-order valence-electron chi connectivity index (χ3n) is 4.98. The zero-order chi connectivity index (χ0) is 24.9. The molecule has 0 bridgehead atoms. The first-order chi connectivity index (χ1) is 15.6. The summed E-state index contributed by atoms with van der Waals surface area (Å²) in [6.07, 6.45) is -0.389. The number of nitrogens with zero attached hydrogens (tertiary/aromatic N) is 1. The molecule has 0 aliphatic carbocycles. The van der Waals surface area contributed by atoms with Gasteiger partial charge in [0.15, 0.2) is 0 Å². The van der Waals surface area contributed by atoms with Crippen molar-refractivity contribution in [3.05, 3.63) is 21.8 Å². The van der Waals surface area contributed by atoms with E-state index in [1.807, 2.05) is 67.8 Å². The number of halogens is 3. The second-order valence-electron chi connectivity index (χ2n) is 7.26. The molecule has 1 aromatic carbocycles. The Kier molecular flexibility index (Phi) is 11.4. The number of carbonyl (C=O) groups excluding carboxylic acids is 3. The summed E-state index contributed by atoms with van der Waals surface area (Å²) in [6, 6.07) is -1.87. The molecular weight excluding hydrogens is 779 g/mol. The van der Waals surface area contributed by atoms with Crippen molar-refractivity contribution in [2.45, 2.75) is 31.0 Å². The van der Waals surface area contributed by atoms with Crippen LogP contribution in [0.15, 0.2) is 0 Å². The molecule has 0 radical (unpaired) electrons. The van der Waals surface area contributed by atoms with Gasteiger partial charge in [0, 0.05) is 10.1 Å². The van der Waals surface area contributed by atoms with Crippen LogP contribution in [0, 0.1) is 10.7 Å². The van der Waals surface area contributed by atoms with Crippen molar-refractivity contribution in [2.24, 2.45) is 0 Å². The van der Waals surface area contributed by atoms with E-state index in [2.05, 4.69) is 10.6 Å². The van der Waals surface area contributed by atoms with Gasteiger partial charge in [0.1, 0.15) is 6.10 Å². The van der Waals surface area contributed by atoms with Gasteiger partial charge in [-0.1, -0.05) is 0 Å². The maximum Gasteiger partial charge on any atom is 0.255 e. The van der Waals surface area contributed by atoms with Gasteiger partial charge >= 0.3 is 0 Å². The minimum Gasteiger partial charge on any atom is -0.394 e. The lowest BCUT2D eigenvalue weighted by atomic mass is 10.0. The van der Waals surface area contributed by atoms with Crippen LogP contribution < -0.4 is 15.5 Å². The number of benzene rings is 1. The zero-order valence-electron chi connectivity index (χ0n) is 17.2. The molecule has 184 valence electrons. The molecule has 1 unspecified atom stereocenters. The van der Waals surface area contributed by atoms with E-state index in [0.29, 0.717) is 20.0 Å². The molecule has 33 heavy (non-hydrogen) atoms. The molecular formula is C19H24I3N3O8. The van der Waals surface area contributed by atoms with Gasteiger partial charge < -0.3 is 41.1 Å². The fraction of sp³-hybridized carbons (Fsp3) is 0.526. The minimum absolute atomic E-state index is 0.0566. The lowest BCUT2D eigenvalue weighted by Crippen LogP contribution is -2.46. The van der Waals surface area contributed by atoms with Crippen LogP contribution in [0.4, 0.5) is 5.69 Å². The number of amides is 3. The van der Waals surface area contributed by atoms with Crippen LogP contribution in [-0.4, -0.2) is 94.4 Å². The van der Waals surface area contributed by atoms with E-state index in [4.69, 9.17) is 0 Å². The predicted octanol–water partition coefficient (Wildman–Crippen LogP) is -0.846. The van der Waals surface area contributed by atoms with Crippen molar-refractivity contribution in [1.82, 2.24) is 10.6 Å². The fourth-order valence-corrected chi connectivity index (χ4v) is 7.91. The van der Waals surface area contributed by atoms with Gasteiger partial charge in [0.05, 0.1) is 62.5 Å². The van der Waals surface area contributed by atoms with E-state index in [0.717, 1.165) is 0 Å². The number of piperidine rings is 1. The largest absolute Gasteiger partial charge is 0.394 e. The van der Waals surface area contributed by atoms with Crippen LogP contribution >= 0.6 is 67.8 Å². The van der Waals surface area contributed by atoms with Gasteiger partial charge in [0.25, 0.3) is 17.7 Å². The number of hydrogen-bond donors (Lipinski definition) is 7. The summed E-state index contributed by atoms with van der Waals surface area (Å²) in [7, 11) is 0. The topological polar surface area (TPSA) is 180 Å². The summed E-state index contributed by atoms with van der Waals surface area (Å²) in [5.41, 5.74) is 0.395. The van der Waals surface area contributed by atoms with Crippen LogP contribution in [0.25, 0.3) is 0 Å². The van der Waals surface area contributed by atoms with E-state index in [1.165, 1.54) is 4.90 Å². The van der Waals surface area contributed by atoms with Crippen LogP contribution in [0.2, 0.25) is 0 Å². The Labute approximate surface area is 230 Å². The molecule has 1 heterocycles. The molecule has 0 saturated carbocycles. The van der Waals surface area contributed by atoms with Crippen LogP contribution in [-0.2, 0) is 4.79 Å². The second kappa shape index (κ2) is 13.1. The molecule has 0 spiro atoms. The van der Waals surface area contributed by atoms with Crippen molar-refractivity contribution >= 4 is 91.2 Å². The second-order valence-corrected chi connectivity index (χ2v) is 10.5. The number of aliphatic hydroxyl groups is 5. The monoisotopic (exact) mass is 803 g/mol. The first-order valence-electron chi connectivity index (χ1n) is 9.87. The lowest BCUT2D eigenvalue weighted by molar-refractivity contribution is -0.128. The molecule has 1 aliphatic rings. The number of hydrogen-bond acceptors (Lipinski definition) is 8. The maximum atomic E-state index is 13.1. The molecule has 1 saturated heterocycles. The van der Waals surface area contributed by atoms with E-state index < -0.39 is 62.3 Å². The first kappa shape index (κ1) is 28.9. The molecule has 7 N–H and O–H groups in total. The Balaban J connectivity index is 2.72. The average molecular weight is 803 g/mol. The van der Waals surface area contributed by atoms with Gasteiger partial charge in [-0.25, -0.2) is 0 Å². The Bertz CT molecular complexity index is 856. The van der Waals surface area contributed by atoms with Crippen molar-refractivity contribution < 1.29 is 39.9 Å². The number of nitrogens with one attached hydrogen (secondary N) is 2. The molecule has 3 amide bonds. The highest BCUT2D eigenvalue weighted by Gasteiger charge is 2.36. The Morgan fingerprint density at radius 1 is 0.879 bits per heavy atom. The Morgan fingerprint density at radius 2 is 1.30 bits per heavy atom. The molecule has 0 aromatic heterocycles. The lowest BCUT2D eigenvalue weighted by Gasteiger charge is -2.33. The smallest absolute Gasteiger partial charge is 0.255 e.